The van der Waals surface area contributed by atoms with Crippen LogP contribution in [0.15, 0.2) is 30.7 Å². The quantitative estimate of drug-likeness (QED) is 0.810. The molecule has 1 fully saturated rings. The zero-order valence-corrected chi connectivity index (χ0v) is 11.8. The van der Waals surface area contributed by atoms with E-state index in [1.807, 2.05) is 16.9 Å². The molecule has 5 heteroatoms. The van der Waals surface area contributed by atoms with Crippen LogP contribution in [-0.4, -0.2) is 20.5 Å². The molecule has 1 aliphatic carbocycles. The van der Waals surface area contributed by atoms with E-state index in [1.165, 1.54) is 31.5 Å². The van der Waals surface area contributed by atoms with Crippen LogP contribution in [0.4, 0.5) is 4.39 Å². The van der Waals surface area contributed by atoms with Gasteiger partial charge in [0.25, 0.3) is 0 Å². The molecule has 0 atom stereocenters. The van der Waals surface area contributed by atoms with Gasteiger partial charge in [-0.3, -0.25) is 14.5 Å². The number of Topliss-reactive ketones (excluding diaryl/α,β-unsaturated/α-hetero) is 1. The maximum absolute atomic E-state index is 13.5. The molecular formula is C16H18FN3O. The number of carbonyl (C=O) groups excluding carboxylic acids is 1. The normalized spacial score (nSPS) is 16.0. The van der Waals surface area contributed by atoms with Crippen molar-refractivity contribution in [3.63, 3.8) is 0 Å². The highest BCUT2D eigenvalue weighted by Crippen LogP contribution is 2.27. The molecule has 1 saturated carbocycles. The number of hydrogen-bond donors (Lipinski definition) is 0. The zero-order valence-electron chi connectivity index (χ0n) is 11.8. The highest BCUT2D eigenvalue weighted by atomic mass is 19.1. The Morgan fingerprint density at radius 2 is 2.10 bits per heavy atom. The van der Waals surface area contributed by atoms with Gasteiger partial charge >= 0.3 is 0 Å². The van der Waals surface area contributed by atoms with Crippen LogP contribution in [0.25, 0.3) is 0 Å². The minimum absolute atomic E-state index is 0.0808. The minimum atomic E-state index is -0.575. The molecule has 4 nitrogen and oxygen atoms in total. The standard InChI is InChI=1S/C16H18FN3O/c17-15-11-18-8-6-14(15)16(21)10-12-7-9-20(19-12)13-4-2-1-3-5-13/h6-9,11,13H,1-5,10H2. The Labute approximate surface area is 123 Å². The molecule has 3 rings (SSSR count). The number of halogens is 1. The molecule has 110 valence electrons. The topological polar surface area (TPSA) is 47.8 Å². The summed E-state index contributed by atoms with van der Waals surface area (Å²) in [5, 5.41) is 4.49. The Hall–Kier alpha value is -2.04. The molecule has 2 heterocycles. The van der Waals surface area contributed by atoms with Crippen molar-refractivity contribution in [3.8, 4) is 0 Å². The molecule has 0 radical (unpaired) electrons. The molecule has 0 aromatic carbocycles. The lowest BCUT2D eigenvalue weighted by molar-refractivity contribution is 0.0987. The van der Waals surface area contributed by atoms with Crippen molar-refractivity contribution in [1.29, 1.82) is 0 Å². The van der Waals surface area contributed by atoms with Crippen LogP contribution in [0.1, 0.15) is 54.2 Å². The van der Waals surface area contributed by atoms with E-state index in [-0.39, 0.29) is 17.8 Å². The molecule has 2 aromatic rings. The molecular weight excluding hydrogens is 269 g/mol. The number of pyridine rings is 1. The Morgan fingerprint density at radius 3 is 2.86 bits per heavy atom. The predicted octanol–water partition coefficient (Wildman–Crippen LogP) is 3.35. The first-order valence-electron chi connectivity index (χ1n) is 7.41. The Kier molecular flexibility index (Phi) is 4.08. The minimum Gasteiger partial charge on any atom is -0.294 e. The van der Waals surface area contributed by atoms with Crippen LogP contribution in [0.5, 0.6) is 0 Å². The van der Waals surface area contributed by atoms with E-state index in [2.05, 4.69) is 10.1 Å². The second kappa shape index (κ2) is 6.16. The van der Waals surface area contributed by atoms with Crippen molar-refractivity contribution >= 4 is 5.78 Å². The molecule has 0 saturated heterocycles. The number of carbonyl (C=O) groups is 1. The number of ketones is 1. The molecule has 0 aliphatic heterocycles. The van der Waals surface area contributed by atoms with Gasteiger partial charge in [-0.25, -0.2) is 4.39 Å². The SMILES string of the molecule is O=C(Cc1ccn(C2CCCCC2)n1)c1ccncc1F. The summed E-state index contributed by atoms with van der Waals surface area (Å²) in [6, 6.07) is 3.71. The molecule has 2 aromatic heterocycles. The summed E-state index contributed by atoms with van der Waals surface area (Å²) in [6.07, 6.45) is 10.6. The predicted molar refractivity (Wildman–Crippen MR) is 76.6 cm³/mol. The van der Waals surface area contributed by atoms with Crippen LogP contribution in [0, 0.1) is 5.82 Å². The highest BCUT2D eigenvalue weighted by Gasteiger charge is 2.18. The Morgan fingerprint density at radius 1 is 1.29 bits per heavy atom. The van der Waals surface area contributed by atoms with E-state index in [1.54, 1.807) is 0 Å². The lowest BCUT2D eigenvalue weighted by Gasteiger charge is -2.21. The molecule has 0 amide bonds. The maximum Gasteiger partial charge on any atom is 0.171 e. The fraction of sp³-hybridized carbons (Fsp3) is 0.438. The monoisotopic (exact) mass is 287 g/mol. The maximum atomic E-state index is 13.5. The second-order valence-corrected chi connectivity index (χ2v) is 5.53. The van der Waals surface area contributed by atoms with Crippen molar-refractivity contribution in [2.24, 2.45) is 0 Å². The van der Waals surface area contributed by atoms with Gasteiger partial charge in [-0.05, 0) is 25.0 Å². The van der Waals surface area contributed by atoms with Crippen LogP contribution in [-0.2, 0) is 6.42 Å². The number of nitrogens with zero attached hydrogens (tertiary/aromatic N) is 3. The first-order valence-corrected chi connectivity index (χ1v) is 7.41. The summed E-state index contributed by atoms with van der Waals surface area (Å²) in [5.41, 5.74) is 0.777. The molecule has 0 bridgehead atoms. The van der Waals surface area contributed by atoms with Gasteiger partial charge in [0.15, 0.2) is 11.6 Å². The third-order valence-electron chi connectivity index (χ3n) is 4.03. The van der Waals surface area contributed by atoms with E-state index < -0.39 is 5.82 Å². The summed E-state index contributed by atoms with van der Waals surface area (Å²) in [5.74, 6) is -0.835. The van der Waals surface area contributed by atoms with Crippen LogP contribution in [0.2, 0.25) is 0 Å². The van der Waals surface area contributed by atoms with E-state index in [9.17, 15) is 9.18 Å². The van der Waals surface area contributed by atoms with Gasteiger partial charge in [0.1, 0.15) is 0 Å². The van der Waals surface area contributed by atoms with E-state index in [0.29, 0.717) is 11.7 Å². The fourth-order valence-corrected chi connectivity index (χ4v) is 2.88. The smallest absolute Gasteiger partial charge is 0.171 e. The number of hydrogen-bond acceptors (Lipinski definition) is 3. The lowest BCUT2D eigenvalue weighted by Crippen LogP contribution is -2.14. The third-order valence-corrected chi connectivity index (χ3v) is 4.03. The zero-order chi connectivity index (χ0) is 14.7. The van der Waals surface area contributed by atoms with Gasteiger partial charge in [-0.2, -0.15) is 5.10 Å². The third kappa shape index (κ3) is 3.17. The first-order chi connectivity index (χ1) is 10.2. The molecule has 1 aliphatic rings. The fourth-order valence-electron chi connectivity index (χ4n) is 2.88. The Bertz CT molecular complexity index is 632. The molecule has 0 unspecified atom stereocenters. The van der Waals surface area contributed by atoms with Crippen LogP contribution >= 0.6 is 0 Å². The average Bonchev–Trinajstić information content (AvgIpc) is 2.97. The van der Waals surface area contributed by atoms with Crippen molar-refractivity contribution in [3.05, 3.63) is 47.8 Å². The van der Waals surface area contributed by atoms with E-state index in [4.69, 9.17) is 0 Å². The van der Waals surface area contributed by atoms with Gasteiger partial charge in [-0.15, -0.1) is 0 Å². The van der Waals surface area contributed by atoms with Crippen molar-refractivity contribution in [1.82, 2.24) is 14.8 Å². The largest absolute Gasteiger partial charge is 0.294 e. The van der Waals surface area contributed by atoms with Crippen LogP contribution < -0.4 is 0 Å². The summed E-state index contributed by atoms with van der Waals surface area (Å²) in [6.45, 7) is 0. The van der Waals surface area contributed by atoms with Gasteiger partial charge in [0.05, 0.1) is 29.9 Å². The average molecular weight is 287 g/mol. The number of rotatable bonds is 4. The number of aromatic nitrogens is 3. The van der Waals surface area contributed by atoms with Crippen molar-refractivity contribution in [2.45, 2.75) is 44.6 Å². The van der Waals surface area contributed by atoms with Gasteiger partial charge in [-0.1, -0.05) is 19.3 Å². The van der Waals surface area contributed by atoms with Gasteiger partial charge < -0.3 is 0 Å². The van der Waals surface area contributed by atoms with Crippen molar-refractivity contribution in [2.75, 3.05) is 0 Å². The molecule has 0 N–H and O–H groups in total. The summed E-state index contributed by atoms with van der Waals surface area (Å²) in [4.78, 5) is 15.8. The van der Waals surface area contributed by atoms with Crippen molar-refractivity contribution < 1.29 is 9.18 Å². The molecule has 0 spiro atoms. The van der Waals surface area contributed by atoms with E-state index >= 15 is 0 Å². The van der Waals surface area contributed by atoms with Gasteiger partial charge in [0, 0.05) is 12.4 Å². The second-order valence-electron chi connectivity index (χ2n) is 5.53. The van der Waals surface area contributed by atoms with E-state index in [0.717, 1.165) is 19.0 Å². The molecule has 21 heavy (non-hydrogen) atoms. The van der Waals surface area contributed by atoms with Crippen LogP contribution in [0.3, 0.4) is 0 Å². The summed E-state index contributed by atoms with van der Waals surface area (Å²) >= 11 is 0. The first kappa shape index (κ1) is 13.9. The summed E-state index contributed by atoms with van der Waals surface area (Å²) < 4.78 is 15.5. The van der Waals surface area contributed by atoms with Gasteiger partial charge in [0.2, 0.25) is 0 Å². The summed E-state index contributed by atoms with van der Waals surface area (Å²) in [7, 11) is 0. The lowest BCUT2D eigenvalue weighted by atomic mass is 9.96. The highest BCUT2D eigenvalue weighted by molar-refractivity contribution is 5.97. The Balaban J connectivity index is 1.69.